The molecule has 3 rings (SSSR count). The lowest BCUT2D eigenvalue weighted by Gasteiger charge is -2.36. The van der Waals surface area contributed by atoms with E-state index < -0.39 is 23.7 Å². The highest BCUT2D eigenvalue weighted by Gasteiger charge is 2.56. The van der Waals surface area contributed by atoms with Gasteiger partial charge in [0.25, 0.3) is 0 Å². The van der Waals surface area contributed by atoms with Crippen molar-refractivity contribution in [1.29, 1.82) is 0 Å². The molecule has 2 heterocycles. The third-order valence-electron chi connectivity index (χ3n) is 6.08. The first-order valence-corrected chi connectivity index (χ1v) is 9.59. The fourth-order valence-corrected chi connectivity index (χ4v) is 4.25. The average Bonchev–Trinajstić information content (AvgIpc) is 2.91. The summed E-state index contributed by atoms with van der Waals surface area (Å²) < 4.78 is 39.7. The Hall–Kier alpha value is -1.92. The van der Waals surface area contributed by atoms with Crippen LogP contribution in [0.1, 0.15) is 40.0 Å². The molecular formula is C20H28F3N3O. The van der Waals surface area contributed by atoms with E-state index in [1.165, 1.54) is 18.7 Å². The summed E-state index contributed by atoms with van der Waals surface area (Å²) >= 11 is 0. The largest absolute Gasteiger partial charge is 0.394 e. The number of hydrogen-bond donors (Lipinski definition) is 1. The number of rotatable bonds is 2. The molecule has 1 aromatic carbocycles. The fourth-order valence-electron chi connectivity index (χ4n) is 4.25. The third-order valence-corrected chi connectivity index (χ3v) is 6.08. The number of likely N-dealkylation sites (tertiary alicyclic amines) is 1. The lowest BCUT2D eigenvalue weighted by Crippen LogP contribution is -2.51. The summed E-state index contributed by atoms with van der Waals surface area (Å²) in [5.74, 6) is -0.777. The number of urea groups is 1. The van der Waals surface area contributed by atoms with E-state index in [-0.39, 0.29) is 13.0 Å². The topological polar surface area (TPSA) is 35.6 Å². The molecule has 0 aromatic heterocycles. The first kappa shape index (κ1) is 19.8. The van der Waals surface area contributed by atoms with Crippen LogP contribution >= 0.6 is 0 Å². The Labute approximate surface area is 158 Å². The zero-order valence-corrected chi connectivity index (χ0v) is 16.1. The molecule has 27 heavy (non-hydrogen) atoms. The Balaban J connectivity index is 1.69. The second-order valence-corrected chi connectivity index (χ2v) is 8.34. The van der Waals surface area contributed by atoms with Crippen molar-refractivity contribution in [2.45, 2.75) is 51.7 Å². The fraction of sp³-hybridized carbons (Fsp3) is 0.650. The standard InChI is InChI=1S/C20H28F3N3O/c1-14-7-10-25(11-8-14)16-6-4-5-15(13-16)24-18(27)26-12-9-17(19(26,2)3)20(21,22)23/h4-6,13-14,17H,7-12H2,1-3H3,(H,24,27). The molecule has 2 aliphatic heterocycles. The van der Waals surface area contributed by atoms with Gasteiger partial charge < -0.3 is 15.1 Å². The van der Waals surface area contributed by atoms with Crippen molar-refractivity contribution in [2.75, 3.05) is 29.9 Å². The van der Waals surface area contributed by atoms with E-state index in [0.717, 1.165) is 37.5 Å². The van der Waals surface area contributed by atoms with Crippen LogP contribution in [0.4, 0.5) is 29.3 Å². The van der Waals surface area contributed by atoms with Crippen molar-refractivity contribution in [1.82, 2.24) is 4.90 Å². The Kier molecular flexibility index (Phi) is 5.32. The third kappa shape index (κ3) is 4.17. The number of anilines is 2. The summed E-state index contributed by atoms with van der Waals surface area (Å²) in [6, 6.07) is 7.08. The normalized spacial score (nSPS) is 23.6. The minimum Gasteiger partial charge on any atom is -0.371 e. The van der Waals surface area contributed by atoms with E-state index >= 15 is 0 Å². The molecule has 2 saturated heterocycles. The molecule has 2 aliphatic rings. The molecule has 0 bridgehead atoms. The minimum atomic E-state index is -4.30. The Bertz CT molecular complexity index is 681. The summed E-state index contributed by atoms with van der Waals surface area (Å²) in [4.78, 5) is 16.3. The number of halogens is 3. The lowest BCUT2D eigenvalue weighted by atomic mass is 9.88. The highest BCUT2D eigenvalue weighted by Crippen LogP contribution is 2.44. The molecule has 7 heteroatoms. The summed E-state index contributed by atoms with van der Waals surface area (Å²) in [5.41, 5.74) is 0.388. The summed E-state index contributed by atoms with van der Waals surface area (Å²) in [6.45, 7) is 7.29. The van der Waals surface area contributed by atoms with Gasteiger partial charge in [-0.15, -0.1) is 0 Å². The number of carbonyl (C=O) groups is 1. The van der Waals surface area contributed by atoms with Crippen LogP contribution in [0.2, 0.25) is 0 Å². The van der Waals surface area contributed by atoms with Crippen molar-refractivity contribution >= 4 is 17.4 Å². The number of nitrogens with one attached hydrogen (secondary N) is 1. The van der Waals surface area contributed by atoms with Crippen LogP contribution in [0, 0.1) is 11.8 Å². The van der Waals surface area contributed by atoms with Crippen molar-refractivity contribution < 1.29 is 18.0 Å². The molecule has 0 spiro atoms. The maximum Gasteiger partial charge on any atom is 0.394 e. The quantitative estimate of drug-likeness (QED) is 0.770. The van der Waals surface area contributed by atoms with Crippen LogP contribution in [-0.2, 0) is 0 Å². The number of nitrogens with zero attached hydrogens (tertiary/aromatic N) is 2. The van der Waals surface area contributed by atoms with Crippen LogP contribution in [0.5, 0.6) is 0 Å². The Morgan fingerprint density at radius 2 is 1.81 bits per heavy atom. The molecule has 0 saturated carbocycles. The smallest absolute Gasteiger partial charge is 0.371 e. The van der Waals surface area contributed by atoms with E-state index in [2.05, 4.69) is 17.1 Å². The maximum atomic E-state index is 13.2. The van der Waals surface area contributed by atoms with Crippen molar-refractivity contribution in [2.24, 2.45) is 11.8 Å². The molecule has 0 radical (unpaired) electrons. The monoisotopic (exact) mass is 383 g/mol. The van der Waals surface area contributed by atoms with Gasteiger partial charge in [0.2, 0.25) is 0 Å². The molecule has 150 valence electrons. The van der Waals surface area contributed by atoms with E-state index in [4.69, 9.17) is 0 Å². The van der Waals surface area contributed by atoms with Crippen LogP contribution in [-0.4, -0.2) is 42.3 Å². The predicted octanol–water partition coefficient (Wildman–Crippen LogP) is 5.12. The van der Waals surface area contributed by atoms with Crippen LogP contribution in [0.3, 0.4) is 0 Å². The molecular weight excluding hydrogens is 355 g/mol. The molecule has 0 aliphatic carbocycles. The SMILES string of the molecule is CC1CCN(c2cccc(NC(=O)N3CCC(C(F)(F)F)C3(C)C)c2)CC1. The predicted molar refractivity (Wildman–Crippen MR) is 101 cm³/mol. The molecule has 1 atom stereocenters. The number of carbonyl (C=O) groups excluding carboxylic acids is 1. The number of alkyl halides is 3. The zero-order valence-electron chi connectivity index (χ0n) is 16.1. The summed E-state index contributed by atoms with van der Waals surface area (Å²) in [7, 11) is 0. The molecule has 1 aromatic rings. The van der Waals surface area contributed by atoms with E-state index in [1.807, 2.05) is 18.2 Å². The molecule has 2 fully saturated rings. The maximum absolute atomic E-state index is 13.2. The van der Waals surface area contributed by atoms with Crippen molar-refractivity contribution in [3.63, 3.8) is 0 Å². The van der Waals surface area contributed by atoms with Gasteiger partial charge >= 0.3 is 12.2 Å². The second-order valence-electron chi connectivity index (χ2n) is 8.34. The lowest BCUT2D eigenvalue weighted by molar-refractivity contribution is -0.189. The van der Waals surface area contributed by atoms with Gasteiger partial charge in [0.05, 0.1) is 11.5 Å². The van der Waals surface area contributed by atoms with Crippen LogP contribution in [0.15, 0.2) is 24.3 Å². The number of benzene rings is 1. The summed E-state index contributed by atoms with van der Waals surface area (Å²) in [6.07, 6.45) is -2.09. The molecule has 1 N–H and O–H groups in total. The van der Waals surface area contributed by atoms with Gasteiger partial charge in [0, 0.05) is 31.0 Å². The Morgan fingerprint density at radius 1 is 1.15 bits per heavy atom. The first-order chi connectivity index (χ1) is 12.6. The second kappa shape index (κ2) is 7.24. The van der Waals surface area contributed by atoms with Gasteiger partial charge in [-0.3, -0.25) is 0 Å². The van der Waals surface area contributed by atoms with E-state index in [1.54, 1.807) is 6.07 Å². The highest BCUT2D eigenvalue weighted by atomic mass is 19.4. The van der Waals surface area contributed by atoms with Gasteiger partial charge in [-0.2, -0.15) is 13.2 Å². The number of hydrogen-bond acceptors (Lipinski definition) is 2. The number of amides is 2. The zero-order chi connectivity index (χ0) is 19.8. The highest BCUT2D eigenvalue weighted by molar-refractivity contribution is 5.90. The van der Waals surface area contributed by atoms with Crippen LogP contribution in [0.25, 0.3) is 0 Å². The van der Waals surface area contributed by atoms with Gasteiger partial charge in [-0.1, -0.05) is 13.0 Å². The van der Waals surface area contributed by atoms with E-state index in [0.29, 0.717) is 5.69 Å². The molecule has 1 unspecified atom stereocenters. The first-order valence-electron chi connectivity index (χ1n) is 9.59. The molecule has 2 amide bonds. The van der Waals surface area contributed by atoms with Crippen molar-refractivity contribution in [3.05, 3.63) is 24.3 Å². The Morgan fingerprint density at radius 3 is 2.41 bits per heavy atom. The van der Waals surface area contributed by atoms with Crippen LogP contribution < -0.4 is 10.2 Å². The van der Waals surface area contributed by atoms with E-state index in [9.17, 15) is 18.0 Å². The van der Waals surface area contributed by atoms with Gasteiger partial charge in [0.1, 0.15) is 0 Å². The van der Waals surface area contributed by atoms with Gasteiger partial charge in [0.15, 0.2) is 0 Å². The number of piperidine rings is 1. The summed E-state index contributed by atoms with van der Waals surface area (Å²) in [5, 5.41) is 2.79. The van der Waals surface area contributed by atoms with Gasteiger partial charge in [-0.25, -0.2) is 4.79 Å². The molecule has 4 nitrogen and oxygen atoms in total. The van der Waals surface area contributed by atoms with Crippen molar-refractivity contribution in [3.8, 4) is 0 Å². The minimum absolute atomic E-state index is 0.0596. The average molecular weight is 383 g/mol. The van der Waals surface area contributed by atoms with Gasteiger partial charge in [-0.05, 0) is 57.2 Å².